The molecule has 3 aromatic rings. The fraction of sp³-hybridized carbons (Fsp3) is 0.0417. The summed E-state index contributed by atoms with van der Waals surface area (Å²) in [7, 11) is 0. The number of ether oxygens (including phenoxy) is 1. The van der Waals surface area contributed by atoms with E-state index >= 15 is 0 Å². The number of carbonyl (C=O) groups excluding carboxylic acids is 3. The Morgan fingerprint density at radius 3 is 2.21 bits per heavy atom. The molecule has 1 N–H and O–H groups in total. The molecule has 0 spiro atoms. The molecule has 0 atom stereocenters. The smallest absolute Gasteiger partial charge is 0.335 e. The van der Waals surface area contributed by atoms with E-state index in [1.165, 1.54) is 30.3 Å². The van der Waals surface area contributed by atoms with Gasteiger partial charge in [-0.05, 0) is 53.6 Å². The molecule has 4 amide bonds. The summed E-state index contributed by atoms with van der Waals surface area (Å²) in [6.45, 7) is 0.230. The molecule has 0 bridgehead atoms. The molecule has 0 radical (unpaired) electrons. The number of hydrogen-bond donors (Lipinski definition) is 1. The second-order valence-corrected chi connectivity index (χ2v) is 7.22. The van der Waals surface area contributed by atoms with Crippen molar-refractivity contribution in [1.82, 2.24) is 5.32 Å². The minimum Gasteiger partial charge on any atom is -0.489 e. The molecule has 0 aromatic heterocycles. The SMILES string of the molecule is O=C1NC(=O)N(c2ccc([N+](=O)[O-])cc2)C(=O)/C1=C/c1ccc(OCc2ccc(F)cc2)cc1. The second-order valence-electron chi connectivity index (χ2n) is 7.22. The third-order valence-corrected chi connectivity index (χ3v) is 4.93. The van der Waals surface area contributed by atoms with Crippen LogP contribution in [-0.4, -0.2) is 22.8 Å². The molecule has 1 heterocycles. The van der Waals surface area contributed by atoms with E-state index in [2.05, 4.69) is 5.32 Å². The van der Waals surface area contributed by atoms with Crippen LogP contribution in [0.4, 0.5) is 20.6 Å². The maximum Gasteiger partial charge on any atom is 0.335 e. The molecule has 170 valence electrons. The molecule has 10 heteroatoms. The molecule has 0 aliphatic carbocycles. The number of barbiturate groups is 1. The number of nitrogens with zero attached hydrogens (tertiary/aromatic N) is 2. The lowest BCUT2D eigenvalue weighted by Crippen LogP contribution is -2.54. The van der Waals surface area contributed by atoms with Crippen LogP contribution in [0.15, 0.2) is 78.4 Å². The van der Waals surface area contributed by atoms with E-state index in [0.717, 1.165) is 22.6 Å². The van der Waals surface area contributed by atoms with Gasteiger partial charge in [0.1, 0.15) is 23.7 Å². The Labute approximate surface area is 192 Å². The molecule has 34 heavy (non-hydrogen) atoms. The highest BCUT2D eigenvalue weighted by molar-refractivity contribution is 6.39. The number of halogens is 1. The second kappa shape index (κ2) is 9.33. The zero-order valence-electron chi connectivity index (χ0n) is 17.4. The lowest BCUT2D eigenvalue weighted by Gasteiger charge is -2.26. The van der Waals surface area contributed by atoms with Gasteiger partial charge in [-0.3, -0.25) is 25.0 Å². The highest BCUT2D eigenvalue weighted by Crippen LogP contribution is 2.25. The third kappa shape index (κ3) is 4.80. The monoisotopic (exact) mass is 461 g/mol. The molecule has 4 rings (SSSR count). The summed E-state index contributed by atoms with van der Waals surface area (Å²) in [6.07, 6.45) is 1.33. The summed E-state index contributed by atoms with van der Waals surface area (Å²) in [5.41, 5.74) is 0.884. The third-order valence-electron chi connectivity index (χ3n) is 4.93. The van der Waals surface area contributed by atoms with Crippen LogP contribution in [0.1, 0.15) is 11.1 Å². The number of rotatable bonds is 6. The number of imide groups is 2. The maximum atomic E-state index is 13.0. The summed E-state index contributed by atoms with van der Waals surface area (Å²) in [5.74, 6) is -1.53. The summed E-state index contributed by atoms with van der Waals surface area (Å²) in [5, 5.41) is 12.9. The lowest BCUT2D eigenvalue weighted by molar-refractivity contribution is -0.384. The highest BCUT2D eigenvalue weighted by atomic mass is 19.1. The minimum absolute atomic E-state index is 0.0797. The number of anilines is 1. The summed E-state index contributed by atoms with van der Waals surface area (Å²) < 4.78 is 18.6. The lowest BCUT2D eigenvalue weighted by atomic mass is 10.1. The van der Waals surface area contributed by atoms with E-state index in [1.807, 2.05) is 0 Å². The average Bonchev–Trinajstić information content (AvgIpc) is 2.82. The van der Waals surface area contributed by atoms with Gasteiger partial charge in [0.05, 0.1) is 10.6 Å². The molecule has 0 saturated carbocycles. The van der Waals surface area contributed by atoms with Crippen LogP contribution in [0.3, 0.4) is 0 Å². The van der Waals surface area contributed by atoms with Crippen molar-refractivity contribution >= 4 is 35.3 Å². The predicted octanol–water partition coefficient (Wildman–Crippen LogP) is 3.98. The molecular formula is C24H16FN3O6. The van der Waals surface area contributed by atoms with Gasteiger partial charge in [0.2, 0.25) is 0 Å². The molecule has 1 aliphatic rings. The van der Waals surface area contributed by atoms with Gasteiger partial charge in [-0.25, -0.2) is 14.1 Å². The van der Waals surface area contributed by atoms with Gasteiger partial charge >= 0.3 is 6.03 Å². The van der Waals surface area contributed by atoms with Crippen molar-refractivity contribution in [2.75, 3.05) is 4.90 Å². The molecule has 1 fully saturated rings. The van der Waals surface area contributed by atoms with Gasteiger partial charge < -0.3 is 4.74 Å². The number of amides is 4. The first-order valence-corrected chi connectivity index (χ1v) is 9.95. The Morgan fingerprint density at radius 1 is 0.941 bits per heavy atom. The van der Waals surface area contributed by atoms with Gasteiger partial charge in [0.15, 0.2) is 0 Å². The number of urea groups is 1. The number of non-ortho nitro benzene ring substituents is 1. The van der Waals surface area contributed by atoms with Crippen LogP contribution in [-0.2, 0) is 16.2 Å². The van der Waals surface area contributed by atoms with Crippen molar-refractivity contribution in [3.8, 4) is 5.75 Å². The number of nitro groups is 1. The largest absolute Gasteiger partial charge is 0.489 e. The molecular weight excluding hydrogens is 445 g/mol. The van der Waals surface area contributed by atoms with Gasteiger partial charge in [-0.15, -0.1) is 0 Å². The zero-order valence-corrected chi connectivity index (χ0v) is 17.4. The average molecular weight is 461 g/mol. The Balaban J connectivity index is 1.51. The number of hydrogen-bond acceptors (Lipinski definition) is 6. The zero-order chi connectivity index (χ0) is 24.2. The Kier molecular flexibility index (Phi) is 6.13. The number of carbonyl (C=O) groups is 3. The molecule has 0 unspecified atom stereocenters. The van der Waals surface area contributed by atoms with Crippen LogP contribution in [0.2, 0.25) is 0 Å². The van der Waals surface area contributed by atoms with E-state index in [1.54, 1.807) is 36.4 Å². The van der Waals surface area contributed by atoms with Gasteiger partial charge in [-0.2, -0.15) is 0 Å². The van der Waals surface area contributed by atoms with Gasteiger partial charge in [0.25, 0.3) is 17.5 Å². The van der Waals surface area contributed by atoms with Crippen LogP contribution < -0.4 is 15.0 Å². The van der Waals surface area contributed by atoms with E-state index in [9.17, 15) is 28.9 Å². The maximum absolute atomic E-state index is 13.0. The van der Waals surface area contributed by atoms with Crippen molar-refractivity contribution in [1.29, 1.82) is 0 Å². The van der Waals surface area contributed by atoms with Crippen molar-refractivity contribution in [2.24, 2.45) is 0 Å². The normalized spacial score (nSPS) is 14.8. The first kappa shape index (κ1) is 22.3. The standard InChI is InChI=1S/C24H16FN3O6/c25-17-5-1-16(2-6-17)14-34-20-11-3-15(4-12-20)13-21-22(29)26-24(31)27(23(21)30)18-7-9-19(10-8-18)28(32)33/h1-13H,14H2,(H,26,29,31)/b21-13+. The van der Waals surface area contributed by atoms with Crippen LogP contribution >= 0.6 is 0 Å². The fourth-order valence-corrected chi connectivity index (χ4v) is 3.19. The number of nitro benzene ring substituents is 1. The molecule has 9 nitrogen and oxygen atoms in total. The Bertz CT molecular complexity index is 1300. The number of benzene rings is 3. The van der Waals surface area contributed by atoms with Crippen LogP contribution in [0.25, 0.3) is 6.08 Å². The van der Waals surface area contributed by atoms with E-state index in [-0.39, 0.29) is 29.4 Å². The highest BCUT2D eigenvalue weighted by Gasteiger charge is 2.36. The quantitative estimate of drug-likeness (QED) is 0.257. The summed E-state index contributed by atoms with van der Waals surface area (Å²) in [6, 6.07) is 16.3. The van der Waals surface area contributed by atoms with Crippen molar-refractivity contribution < 1.29 is 28.4 Å². The summed E-state index contributed by atoms with van der Waals surface area (Å²) >= 11 is 0. The van der Waals surface area contributed by atoms with Crippen molar-refractivity contribution in [3.05, 3.63) is 105 Å². The molecule has 3 aromatic carbocycles. The molecule has 1 saturated heterocycles. The van der Waals surface area contributed by atoms with Gasteiger partial charge in [-0.1, -0.05) is 24.3 Å². The first-order chi connectivity index (χ1) is 16.3. The Hall–Kier alpha value is -4.86. The predicted molar refractivity (Wildman–Crippen MR) is 119 cm³/mol. The van der Waals surface area contributed by atoms with Crippen LogP contribution in [0.5, 0.6) is 5.75 Å². The number of nitrogens with one attached hydrogen (secondary N) is 1. The molecule has 1 aliphatic heterocycles. The first-order valence-electron chi connectivity index (χ1n) is 9.95. The van der Waals surface area contributed by atoms with Gasteiger partial charge in [0, 0.05) is 12.1 Å². The van der Waals surface area contributed by atoms with E-state index in [4.69, 9.17) is 4.74 Å². The Morgan fingerprint density at radius 2 is 1.59 bits per heavy atom. The van der Waals surface area contributed by atoms with E-state index in [0.29, 0.717) is 11.3 Å². The topological polar surface area (TPSA) is 119 Å². The fourth-order valence-electron chi connectivity index (χ4n) is 3.19. The minimum atomic E-state index is -0.953. The van der Waals surface area contributed by atoms with Crippen molar-refractivity contribution in [3.63, 3.8) is 0 Å². The van der Waals surface area contributed by atoms with Crippen LogP contribution in [0, 0.1) is 15.9 Å². The van der Waals surface area contributed by atoms with E-state index < -0.39 is 22.8 Å². The summed E-state index contributed by atoms with van der Waals surface area (Å²) in [4.78, 5) is 48.4. The van der Waals surface area contributed by atoms with Crippen molar-refractivity contribution in [2.45, 2.75) is 6.61 Å².